The van der Waals surface area contributed by atoms with E-state index >= 15 is 0 Å². The molecule has 0 aliphatic carbocycles. The Morgan fingerprint density at radius 1 is 0.333 bits per heavy atom. The van der Waals surface area contributed by atoms with Crippen LogP contribution in [0.5, 0.6) is 0 Å². The lowest BCUT2D eigenvalue weighted by Crippen LogP contribution is -2.30. The van der Waals surface area contributed by atoms with Gasteiger partial charge in [-0.1, -0.05) is 232 Å². The molecule has 0 aliphatic rings. The van der Waals surface area contributed by atoms with E-state index < -0.39 is 6.10 Å². The second-order valence-corrected chi connectivity index (χ2v) is 17.2. The summed E-state index contributed by atoms with van der Waals surface area (Å²) in [5.41, 5.74) is 0. The summed E-state index contributed by atoms with van der Waals surface area (Å²) in [6.45, 7) is 6.35. The minimum absolute atomic E-state index is 0.118. The Hall–Kier alpha value is -4.19. The van der Waals surface area contributed by atoms with Gasteiger partial charge in [-0.05, 0) is 89.9 Å². The van der Waals surface area contributed by atoms with Gasteiger partial charge in [0.05, 0.1) is 0 Å². The van der Waals surface area contributed by atoms with Crippen molar-refractivity contribution in [3.8, 4) is 0 Å². The molecule has 0 spiro atoms. The van der Waals surface area contributed by atoms with Gasteiger partial charge in [0.15, 0.2) is 6.10 Å². The Bertz CT molecular complexity index is 1420. The molecule has 0 heterocycles. The van der Waals surface area contributed by atoms with Gasteiger partial charge in [0.1, 0.15) is 13.2 Å². The van der Waals surface area contributed by atoms with Crippen LogP contribution in [0.1, 0.15) is 220 Å². The number of allylic oxidation sites excluding steroid dienone is 20. The molecule has 6 nitrogen and oxygen atoms in total. The van der Waals surface area contributed by atoms with E-state index in [1.54, 1.807) is 0 Å². The molecule has 0 bridgehead atoms. The maximum Gasteiger partial charge on any atom is 0.306 e. The third kappa shape index (κ3) is 50.8. The van der Waals surface area contributed by atoms with Crippen LogP contribution in [0.2, 0.25) is 0 Å². The highest BCUT2D eigenvalue weighted by Crippen LogP contribution is 2.13. The molecule has 66 heavy (non-hydrogen) atoms. The van der Waals surface area contributed by atoms with Crippen LogP contribution >= 0.6 is 0 Å². The van der Waals surface area contributed by atoms with E-state index in [4.69, 9.17) is 14.2 Å². The monoisotopic (exact) mass is 913 g/mol. The van der Waals surface area contributed by atoms with Crippen LogP contribution < -0.4 is 0 Å². The zero-order valence-electron chi connectivity index (χ0n) is 42.4. The van der Waals surface area contributed by atoms with Gasteiger partial charge in [-0.2, -0.15) is 0 Å². The highest BCUT2D eigenvalue weighted by Gasteiger charge is 2.19. The Kier molecular flexibility index (Phi) is 50.0. The fourth-order valence-electron chi connectivity index (χ4n) is 6.86. The van der Waals surface area contributed by atoms with Crippen molar-refractivity contribution in [2.45, 2.75) is 226 Å². The van der Waals surface area contributed by atoms with Gasteiger partial charge in [0, 0.05) is 19.3 Å². The molecule has 0 saturated carbocycles. The Labute approximate surface area is 405 Å². The molecule has 0 aromatic rings. The van der Waals surface area contributed by atoms with Gasteiger partial charge in [-0.15, -0.1) is 0 Å². The van der Waals surface area contributed by atoms with E-state index in [9.17, 15) is 14.4 Å². The van der Waals surface area contributed by atoms with Gasteiger partial charge < -0.3 is 14.2 Å². The molecule has 0 rings (SSSR count). The molecule has 0 radical (unpaired) electrons. The molecular weight excluding hydrogens is 817 g/mol. The quantitative estimate of drug-likeness (QED) is 0.0199. The summed E-state index contributed by atoms with van der Waals surface area (Å²) >= 11 is 0. The van der Waals surface area contributed by atoms with Crippen molar-refractivity contribution in [2.75, 3.05) is 13.2 Å². The van der Waals surface area contributed by atoms with E-state index in [1.165, 1.54) is 83.5 Å². The number of unbranched alkanes of at least 4 members (excludes halogenated alkanes) is 21. The van der Waals surface area contributed by atoms with Crippen molar-refractivity contribution in [2.24, 2.45) is 0 Å². The van der Waals surface area contributed by atoms with E-state index in [1.807, 2.05) is 54.7 Å². The van der Waals surface area contributed by atoms with Crippen LogP contribution in [0.25, 0.3) is 0 Å². The molecule has 0 saturated heterocycles. The van der Waals surface area contributed by atoms with Crippen LogP contribution in [-0.4, -0.2) is 37.2 Å². The summed E-state index contributed by atoms with van der Waals surface area (Å²) in [5.74, 6) is -1.03. The van der Waals surface area contributed by atoms with Crippen molar-refractivity contribution >= 4 is 17.9 Å². The highest BCUT2D eigenvalue weighted by atomic mass is 16.6. The van der Waals surface area contributed by atoms with Crippen LogP contribution in [0.15, 0.2) is 122 Å². The van der Waals surface area contributed by atoms with Gasteiger partial charge in [-0.3, -0.25) is 14.4 Å². The summed E-state index contributed by atoms with van der Waals surface area (Å²) in [6.07, 6.45) is 73.3. The zero-order valence-corrected chi connectivity index (χ0v) is 42.4. The number of ether oxygens (including phenoxy) is 3. The lowest BCUT2D eigenvalue weighted by Gasteiger charge is -2.18. The highest BCUT2D eigenvalue weighted by molar-refractivity contribution is 5.71. The van der Waals surface area contributed by atoms with Gasteiger partial charge in [0.25, 0.3) is 0 Å². The summed E-state index contributed by atoms with van der Waals surface area (Å²) in [5, 5.41) is 0. The van der Waals surface area contributed by atoms with Crippen molar-refractivity contribution < 1.29 is 28.6 Å². The normalized spacial score (nSPS) is 13.1. The molecule has 0 N–H and O–H groups in total. The summed E-state index contributed by atoms with van der Waals surface area (Å²) < 4.78 is 16.7. The fraction of sp³-hybridized carbons (Fsp3) is 0.617. The Morgan fingerprint density at radius 2 is 0.667 bits per heavy atom. The summed E-state index contributed by atoms with van der Waals surface area (Å²) in [4.78, 5) is 38.0. The first-order valence-electron chi connectivity index (χ1n) is 26.6. The molecule has 0 aliphatic heterocycles. The number of hydrogen-bond donors (Lipinski definition) is 0. The predicted molar refractivity (Wildman–Crippen MR) is 283 cm³/mol. The first kappa shape index (κ1) is 61.8. The van der Waals surface area contributed by atoms with Crippen molar-refractivity contribution in [1.29, 1.82) is 0 Å². The van der Waals surface area contributed by atoms with E-state index in [2.05, 4.69) is 87.6 Å². The minimum Gasteiger partial charge on any atom is -0.462 e. The molecule has 0 fully saturated rings. The second-order valence-electron chi connectivity index (χ2n) is 17.2. The lowest BCUT2D eigenvalue weighted by atomic mass is 10.1. The maximum absolute atomic E-state index is 12.8. The van der Waals surface area contributed by atoms with Crippen LogP contribution in [-0.2, 0) is 28.6 Å². The topological polar surface area (TPSA) is 78.9 Å². The smallest absolute Gasteiger partial charge is 0.306 e. The van der Waals surface area contributed by atoms with E-state index in [-0.39, 0.29) is 37.5 Å². The van der Waals surface area contributed by atoms with Crippen molar-refractivity contribution in [3.63, 3.8) is 0 Å². The molecule has 372 valence electrons. The molecule has 0 aromatic heterocycles. The van der Waals surface area contributed by atoms with Gasteiger partial charge in [0.2, 0.25) is 0 Å². The lowest BCUT2D eigenvalue weighted by molar-refractivity contribution is -0.167. The van der Waals surface area contributed by atoms with Crippen LogP contribution in [0.3, 0.4) is 0 Å². The Balaban J connectivity index is 4.54. The molecule has 6 heteroatoms. The van der Waals surface area contributed by atoms with Crippen LogP contribution in [0, 0.1) is 0 Å². The van der Waals surface area contributed by atoms with Gasteiger partial charge in [-0.25, -0.2) is 0 Å². The molecule has 1 unspecified atom stereocenters. The number of carbonyl (C=O) groups excluding carboxylic acids is 3. The molecule has 0 aromatic carbocycles. The predicted octanol–water partition coefficient (Wildman–Crippen LogP) is 17.7. The largest absolute Gasteiger partial charge is 0.462 e. The number of rotatable bonds is 46. The number of esters is 3. The molecule has 0 amide bonds. The third-order valence-electron chi connectivity index (χ3n) is 10.9. The minimum atomic E-state index is -0.823. The van der Waals surface area contributed by atoms with E-state index in [0.29, 0.717) is 19.3 Å². The number of hydrogen-bond acceptors (Lipinski definition) is 6. The average molecular weight is 913 g/mol. The van der Waals surface area contributed by atoms with Crippen molar-refractivity contribution in [3.05, 3.63) is 122 Å². The molecule has 1 atom stereocenters. The second kappa shape index (κ2) is 53.4. The zero-order chi connectivity index (χ0) is 47.9. The van der Waals surface area contributed by atoms with Crippen molar-refractivity contribution in [1.82, 2.24) is 0 Å². The van der Waals surface area contributed by atoms with E-state index in [0.717, 1.165) is 89.9 Å². The third-order valence-corrected chi connectivity index (χ3v) is 10.9. The number of carbonyl (C=O) groups is 3. The maximum atomic E-state index is 12.8. The molecular formula is C60H96O6. The average Bonchev–Trinajstić information content (AvgIpc) is 3.31. The summed E-state index contributed by atoms with van der Waals surface area (Å²) in [6, 6.07) is 0. The first-order valence-corrected chi connectivity index (χ1v) is 26.6. The SMILES string of the molecule is CC\C=C/C=C\C=C/C=C\C=C/CCCC(=O)OCC(COC(=O)CCCCCCC\C=C/C=C\C=C/CCCCCCC)OC(=O)CCCCCCCCC/C=C\C/C=C\CCCCC. The van der Waals surface area contributed by atoms with Crippen LogP contribution in [0.4, 0.5) is 0 Å². The standard InChI is InChI=1S/C60H96O6/c1-4-7-10-13-16-19-22-25-27-29-31-32-35-38-41-44-47-50-53-59(62)65-56-57(55-64-58(61)52-49-46-43-40-37-34-24-21-18-15-12-9-6-3)66-60(63)54-51-48-45-42-39-36-33-30-28-26-23-20-17-14-11-8-5-2/h9,12,15,17-18,20-22,24-29,31-32,34,37,40,43,57H,4-8,10-11,13-14,16,19,23,30,33,35-36,38-39,41-42,44-56H2,1-3H3/b12-9-,18-15-,20-17-,24-21-,25-22-,28-26-,29-27-,32-31-,37-34-,43-40-. The first-order chi connectivity index (χ1) is 32.5. The fourth-order valence-corrected chi connectivity index (χ4v) is 6.86. The summed E-state index contributed by atoms with van der Waals surface area (Å²) in [7, 11) is 0. The van der Waals surface area contributed by atoms with Gasteiger partial charge >= 0.3 is 17.9 Å². The Morgan fingerprint density at radius 3 is 1.14 bits per heavy atom.